The number of esters is 1. The molecule has 0 saturated carbocycles. The van der Waals surface area contributed by atoms with Crippen molar-refractivity contribution in [3.05, 3.63) is 42.5 Å². The largest absolute Gasteiger partial charge is 0.468 e. The average Bonchev–Trinajstić information content (AvgIpc) is 2.44. The lowest BCUT2D eigenvalue weighted by Gasteiger charge is -2.21. The topological polar surface area (TPSA) is 60.4 Å². The molecule has 0 radical (unpaired) electrons. The molecule has 0 aliphatic carbocycles. The second-order valence-electron chi connectivity index (χ2n) is 4.61. The fourth-order valence-corrected chi connectivity index (χ4v) is 3.95. The molecule has 0 saturated heterocycles. The van der Waals surface area contributed by atoms with E-state index >= 15 is 0 Å². The second-order valence-corrected chi connectivity index (χ2v) is 6.68. The average molecular weight is 296 g/mol. The Morgan fingerprint density at radius 2 is 1.90 bits per heavy atom. The van der Waals surface area contributed by atoms with Crippen LogP contribution in [-0.4, -0.2) is 26.7 Å². The van der Waals surface area contributed by atoms with Crippen molar-refractivity contribution in [1.29, 1.82) is 0 Å². The quantitative estimate of drug-likeness (QED) is 0.598. The summed E-state index contributed by atoms with van der Waals surface area (Å²) >= 11 is 0. The summed E-state index contributed by atoms with van der Waals surface area (Å²) in [5.41, 5.74) is 0.953. The molecule has 4 nitrogen and oxygen atoms in total. The summed E-state index contributed by atoms with van der Waals surface area (Å²) in [4.78, 5) is 12.0. The summed E-state index contributed by atoms with van der Waals surface area (Å²) in [6, 6.07) is 6.43. The molecular formula is C15H20O4S. The molecule has 1 rings (SSSR count). The van der Waals surface area contributed by atoms with Gasteiger partial charge in [-0.15, -0.1) is 6.58 Å². The van der Waals surface area contributed by atoms with Crippen LogP contribution >= 0.6 is 0 Å². The molecule has 0 aliphatic rings. The molecule has 0 heterocycles. The van der Waals surface area contributed by atoms with Gasteiger partial charge in [0.15, 0.2) is 15.1 Å². The van der Waals surface area contributed by atoms with Crippen LogP contribution in [0.15, 0.2) is 41.8 Å². The van der Waals surface area contributed by atoms with E-state index in [0.717, 1.165) is 5.56 Å². The molecule has 0 N–H and O–H groups in total. The van der Waals surface area contributed by atoms with E-state index in [-0.39, 0.29) is 4.90 Å². The molecule has 1 aromatic carbocycles. The Balaban J connectivity index is 3.34. The van der Waals surface area contributed by atoms with Crippen molar-refractivity contribution >= 4 is 15.8 Å². The van der Waals surface area contributed by atoms with E-state index in [2.05, 4.69) is 11.3 Å². The molecule has 20 heavy (non-hydrogen) atoms. The fraction of sp³-hybridized carbons (Fsp3) is 0.400. The minimum Gasteiger partial charge on any atom is -0.468 e. The van der Waals surface area contributed by atoms with Gasteiger partial charge in [0, 0.05) is 5.92 Å². The summed E-state index contributed by atoms with van der Waals surface area (Å²) in [5, 5.41) is -1.25. The minimum atomic E-state index is -3.80. The predicted molar refractivity (Wildman–Crippen MR) is 78.1 cm³/mol. The summed E-state index contributed by atoms with van der Waals surface area (Å²) < 4.78 is 30.0. The summed E-state index contributed by atoms with van der Waals surface area (Å²) in [6.45, 7) is 7.30. The highest BCUT2D eigenvalue weighted by molar-refractivity contribution is 7.92. The molecule has 110 valence electrons. The van der Waals surface area contributed by atoms with E-state index in [9.17, 15) is 13.2 Å². The van der Waals surface area contributed by atoms with Gasteiger partial charge in [0.1, 0.15) is 0 Å². The van der Waals surface area contributed by atoms with Crippen LogP contribution in [0, 0.1) is 12.8 Å². The van der Waals surface area contributed by atoms with Gasteiger partial charge in [-0.25, -0.2) is 8.42 Å². The smallest absolute Gasteiger partial charge is 0.325 e. The van der Waals surface area contributed by atoms with Crippen LogP contribution in [-0.2, 0) is 19.4 Å². The maximum Gasteiger partial charge on any atom is 0.325 e. The monoisotopic (exact) mass is 296 g/mol. The highest BCUT2D eigenvalue weighted by Gasteiger charge is 2.39. The Kier molecular flexibility index (Phi) is 5.51. The van der Waals surface area contributed by atoms with Gasteiger partial charge in [-0.05, 0) is 25.5 Å². The fourth-order valence-electron chi connectivity index (χ4n) is 2.03. The zero-order valence-corrected chi connectivity index (χ0v) is 12.8. The van der Waals surface area contributed by atoms with Gasteiger partial charge in [0.05, 0.1) is 12.0 Å². The Bertz CT molecular complexity index is 572. The maximum absolute atomic E-state index is 12.7. The number of carbonyl (C=O) groups is 1. The maximum atomic E-state index is 12.7. The SMILES string of the molecule is C=CC(CC)C(C(=O)OC)S(=O)(=O)c1ccc(C)cc1. The van der Waals surface area contributed by atoms with Crippen LogP contribution in [0.3, 0.4) is 0 Å². The number of hydrogen-bond donors (Lipinski definition) is 0. The molecule has 0 amide bonds. The third-order valence-electron chi connectivity index (χ3n) is 3.28. The number of sulfone groups is 1. The molecule has 2 atom stereocenters. The van der Waals surface area contributed by atoms with Crippen LogP contribution in [0.2, 0.25) is 0 Å². The highest BCUT2D eigenvalue weighted by atomic mass is 32.2. The van der Waals surface area contributed by atoms with Crippen molar-refractivity contribution in [1.82, 2.24) is 0 Å². The van der Waals surface area contributed by atoms with Crippen LogP contribution in [0.4, 0.5) is 0 Å². The van der Waals surface area contributed by atoms with E-state index in [4.69, 9.17) is 0 Å². The lowest BCUT2D eigenvalue weighted by atomic mass is 10.0. The number of ether oxygens (including phenoxy) is 1. The predicted octanol–water partition coefficient (Wildman–Crippen LogP) is 2.52. The zero-order valence-electron chi connectivity index (χ0n) is 12.0. The van der Waals surface area contributed by atoms with Crippen molar-refractivity contribution in [3.63, 3.8) is 0 Å². The number of rotatable bonds is 6. The van der Waals surface area contributed by atoms with E-state index < -0.39 is 27.0 Å². The molecule has 0 fully saturated rings. The number of hydrogen-bond acceptors (Lipinski definition) is 4. The Morgan fingerprint density at radius 3 is 2.30 bits per heavy atom. The molecule has 0 aromatic heterocycles. The number of aryl methyl sites for hydroxylation is 1. The normalized spacial score (nSPS) is 14.3. The van der Waals surface area contributed by atoms with Crippen LogP contribution in [0.25, 0.3) is 0 Å². The van der Waals surface area contributed by atoms with Crippen molar-refractivity contribution in [2.45, 2.75) is 30.4 Å². The standard InChI is InChI=1S/C15H20O4S/c1-5-12(6-2)14(15(16)19-4)20(17,18)13-9-7-11(3)8-10-13/h5,7-10,12,14H,1,6H2,2-4H3. The van der Waals surface area contributed by atoms with Gasteiger partial charge in [-0.1, -0.05) is 30.7 Å². The van der Waals surface area contributed by atoms with Crippen molar-refractivity contribution < 1.29 is 17.9 Å². The van der Waals surface area contributed by atoms with Gasteiger partial charge in [-0.2, -0.15) is 0 Å². The molecular weight excluding hydrogens is 276 g/mol. The molecule has 0 spiro atoms. The first kappa shape index (κ1) is 16.4. The first-order chi connectivity index (χ1) is 9.38. The molecule has 2 unspecified atom stereocenters. The molecule has 0 bridgehead atoms. The van der Waals surface area contributed by atoms with E-state index in [1.165, 1.54) is 25.3 Å². The third-order valence-corrected chi connectivity index (χ3v) is 5.42. The number of benzene rings is 1. The second kappa shape index (κ2) is 6.70. The van der Waals surface area contributed by atoms with Gasteiger partial charge < -0.3 is 4.74 Å². The Morgan fingerprint density at radius 1 is 1.35 bits per heavy atom. The Hall–Kier alpha value is -1.62. The molecule has 0 aliphatic heterocycles. The summed E-state index contributed by atoms with van der Waals surface area (Å²) in [6.07, 6.45) is 1.99. The van der Waals surface area contributed by atoms with E-state index in [1.54, 1.807) is 12.1 Å². The van der Waals surface area contributed by atoms with Gasteiger partial charge >= 0.3 is 5.97 Å². The van der Waals surface area contributed by atoms with Crippen molar-refractivity contribution in [2.24, 2.45) is 5.92 Å². The molecule has 5 heteroatoms. The van der Waals surface area contributed by atoms with Crippen molar-refractivity contribution in [2.75, 3.05) is 7.11 Å². The zero-order chi connectivity index (χ0) is 15.3. The number of methoxy groups -OCH3 is 1. The van der Waals surface area contributed by atoms with Crippen LogP contribution in [0.5, 0.6) is 0 Å². The van der Waals surface area contributed by atoms with Crippen LogP contribution < -0.4 is 0 Å². The van der Waals surface area contributed by atoms with Gasteiger partial charge in [0.25, 0.3) is 0 Å². The number of carbonyl (C=O) groups excluding carboxylic acids is 1. The first-order valence-electron chi connectivity index (χ1n) is 6.39. The summed E-state index contributed by atoms with van der Waals surface area (Å²) in [7, 11) is -2.61. The Labute approximate surface area is 120 Å². The van der Waals surface area contributed by atoms with Crippen molar-refractivity contribution in [3.8, 4) is 0 Å². The molecule has 1 aromatic rings. The minimum absolute atomic E-state index is 0.124. The number of allylic oxidation sites excluding steroid dienone is 1. The first-order valence-corrected chi connectivity index (χ1v) is 7.94. The summed E-state index contributed by atoms with van der Waals surface area (Å²) in [5.74, 6) is -1.23. The lowest BCUT2D eigenvalue weighted by molar-refractivity contribution is -0.140. The van der Waals surface area contributed by atoms with E-state index in [1.807, 2.05) is 13.8 Å². The highest BCUT2D eigenvalue weighted by Crippen LogP contribution is 2.26. The third kappa shape index (κ3) is 3.28. The van der Waals surface area contributed by atoms with Gasteiger partial charge in [0.2, 0.25) is 0 Å². The van der Waals surface area contributed by atoms with Crippen LogP contribution in [0.1, 0.15) is 18.9 Å². The van der Waals surface area contributed by atoms with E-state index in [0.29, 0.717) is 6.42 Å². The van der Waals surface area contributed by atoms with Gasteiger partial charge in [-0.3, -0.25) is 4.79 Å². The lowest BCUT2D eigenvalue weighted by Crippen LogP contribution is -2.37.